The van der Waals surface area contributed by atoms with Crippen LogP contribution >= 0.6 is 0 Å². The maximum absolute atomic E-state index is 12.3. The fourth-order valence-corrected chi connectivity index (χ4v) is 3.34. The minimum absolute atomic E-state index is 0.0153. The number of likely N-dealkylation sites (tertiary alicyclic amines) is 1. The highest BCUT2D eigenvalue weighted by molar-refractivity contribution is 5.97. The number of hydrogen-bond donors (Lipinski definition) is 3. The van der Waals surface area contributed by atoms with Gasteiger partial charge in [0.1, 0.15) is 11.8 Å². The number of ketones is 1. The van der Waals surface area contributed by atoms with Crippen LogP contribution in [0.1, 0.15) is 66.7 Å². The molecule has 1 saturated heterocycles. The minimum Gasteiger partial charge on any atom is -0.380 e. The number of piperidine rings is 1. The molecule has 1 aromatic carbocycles. The van der Waals surface area contributed by atoms with Crippen LogP contribution < -0.4 is 21.0 Å². The Balaban J connectivity index is 0.00000298. The molecule has 0 bridgehead atoms. The average Bonchev–Trinajstić information content (AvgIpc) is 2.87. The van der Waals surface area contributed by atoms with Gasteiger partial charge in [0.05, 0.1) is 0 Å². The van der Waals surface area contributed by atoms with E-state index in [0.29, 0.717) is 43.8 Å². The molecule has 2 rings (SSSR count). The lowest BCUT2D eigenvalue weighted by atomic mass is 9.93. The molecule has 1 unspecified atom stereocenters. The molecule has 1 aromatic rings. The van der Waals surface area contributed by atoms with Crippen molar-refractivity contribution in [2.24, 2.45) is 5.92 Å². The van der Waals surface area contributed by atoms with Crippen molar-refractivity contribution < 1.29 is 28.8 Å². The predicted molar refractivity (Wildman–Crippen MR) is 132 cm³/mol. The maximum Gasteiger partial charge on any atom is 0.252 e. The summed E-state index contributed by atoms with van der Waals surface area (Å²) in [6.07, 6.45) is 1.65. The second kappa shape index (κ2) is 15.5. The van der Waals surface area contributed by atoms with Crippen LogP contribution in [-0.2, 0) is 24.0 Å². The number of nitrogens with one attached hydrogen (secondary N) is 3. The zero-order valence-corrected chi connectivity index (χ0v) is 21.3. The number of amides is 4. The Kier molecular flexibility index (Phi) is 13.1. The summed E-state index contributed by atoms with van der Waals surface area (Å²) < 4.78 is 0. The quantitative estimate of drug-likeness (QED) is 0.432. The van der Waals surface area contributed by atoms with Crippen LogP contribution in [0, 0.1) is 5.92 Å². The molecule has 10 heteroatoms. The molecule has 4 amide bonds. The third-order valence-electron chi connectivity index (χ3n) is 5.48. The van der Waals surface area contributed by atoms with Crippen LogP contribution in [0.4, 0.5) is 5.69 Å². The van der Waals surface area contributed by atoms with E-state index in [1.807, 2.05) is 13.8 Å². The highest BCUT2D eigenvalue weighted by atomic mass is 16.7. The van der Waals surface area contributed by atoms with Crippen molar-refractivity contribution in [2.45, 2.75) is 72.8 Å². The van der Waals surface area contributed by atoms with E-state index in [4.69, 9.17) is 4.84 Å². The summed E-state index contributed by atoms with van der Waals surface area (Å²) in [7, 11) is 0. The largest absolute Gasteiger partial charge is 0.380 e. The van der Waals surface area contributed by atoms with Gasteiger partial charge in [-0.1, -0.05) is 20.8 Å². The summed E-state index contributed by atoms with van der Waals surface area (Å²) in [5.74, 6) is -0.598. The molecule has 1 heterocycles. The fraction of sp³-hybridized carbons (Fsp3) is 0.560. The van der Waals surface area contributed by atoms with E-state index in [0.717, 1.165) is 0 Å². The summed E-state index contributed by atoms with van der Waals surface area (Å²) in [6, 6.07) is 5.58. The number of hydrogen-bond acceptors (Lipinski definition) is 6. The Labute approximate surface area is 207 Å². The van der Waals surface area contributed by atoms with E-state index >= 15 is 0 Å². The van der Waals surface area contributed by atoms with Gasteiger partial charge in [0.25, 0.3) is 5.91 Å². The number of benzene rings is 1. The Morgan fingerprint density at radius 2 is 1.60 bits per heavy atom. The lowest BCUT2D eigenvalue weighted by Crippen LogP contribution is -2.43. The average molecular weight is 491 g/mol. The molecule has 1 fully saturated rings. The van der Waals surface area contributed by atoms with E-state index in [1.54, 1.807) is 49.9 Å². The van der Waals surface area contributed by atoms with E-state index in [-0.39, 0.29) is 42.3 Å². The molecule has 0 aliphatic carbocycles. The van der Waals surface area contributed by atoms with Crippen molar-refractivity contribution in [2.75, 3.05) is 18.4 Å². The second-order valence-corrected chi connectivity index (χ2v) is 8.05. The van der Waals surface area contributed by atoms with Crippen LogP contribution in [0.5, 0.6) is 5.75 Å². The smallest absolute Gasteiger partial charge is 0.252 e. The minimum atomic E-state index is -0.793. The van der Waals surface area contributed by atoms with Gasteiger partial charge >= 0.3 is 0 Å². The second-order valence-electron chi connectivity index (χ2n) is 8.05. The topological polar surface area (TPSA) is 134 Å². The van der Waals surface area contributed by atoms with Gasteiger partial charge in [0.2, 0.25) is 17.7 Å². The Bertz CT molecular complexity index is 863. The molecule has 0 aromatic heterocycles. The molecule has 10 nitrogen and oxygen atoms in total. The van der Waals surface area contributed by atoms with Gasteiger partial charge in [-0.05, 0) is 51.0 Å². The van der Waals surface area contributed by atoms with Crippen LogP contribution in [0.3, 0.4) is 0 Å². The molecule has 0 saturated carbocycles. The Morgan fingerprint density at radius 1 is 1.00 bits per heavy atom. The van der Waals surface area contributed by atoms with Crippen molar-refractivity contribution in [3.8, 4) is 5.75 Å². The number of Topliss-reactive ketones (excluding diaryl/α,β-unsaturated/α-hetero) is 1. The summed E-state index contributed by atoms with van der Waals surface area (Å²) in [5, 5.41) is 5.27. The van der Waals surface area contributed by atoms with Gasteiger partial charge in [-0.2, -0.15) is 5.48 Å². The molecule has 1 aliphatic heterocycles. The van der Waals surface area contributed by atoms with Crippen molar-refractivity contribution in [1.29, 1.82) is 0 Å². The van der Waals surface area contributed by atoms with Gasteiger partial charge in [-0.25, -0.2) is 0 Å². The van der Waals surface area contributed by atoms with Gasteiger partial charge in [-0.3, -0.25) is 24.0 Å². The highest BCUT2D eigenvalue weighted by Gasteiger charge is 2.25. The third kappa shape index (κ3) is 10.6. The molecule has 35 heavy (non-hydrogen) atoms. The van der Waals surface area contributed by atoms with Crippen LogP contribution in [0.2, 0.25) is 0 Å². The lowest BCUT2D eigenvalue weighted by Gasteiger charge is -2.30. The number of carbonyl (C=O) groups is 5. The first-order valence-electron chi connectivity index (χ1n) is 12.1. The SMILES string of the molecule is CC.CCC(=O)NOc1ccc(NC(=O)C(C)NC(=O)CCC(=O)N2CCC(C(C)=O)CC2)cc1. The lowest BCUT2D eigenvalue weighted by molar-refractivity contribution is -0.136. The number of carbonyl (C=O) groups excluding carboxylic acids is 5. The third-order valence-corrected chi connectivity index (χ3v) is 5.48. The van der Waals surface area contributed by atoms with E-state index < -0.39 is 11.9 Å². The van der Waals surface area contributed by atoms with Crippen molar-refractivity contribution in [3.63, 3.8) is 0 Å². The first kappa shape index (κ1) is 29.6. The molecule has 1 aliphatic rings. The van der Waals surface area contributed by atoms with Crippen molar-refractivity contribution in [1.82, 2.24) is 15.7 Å². The maximum atomic E-state index is 12.3. The highest BCUT2D eigenvalue weighted by Crippen LogP contribution is 2.19. The first-order valence-corrected chi connectivity index (χ1v) is 12.1. The molecular formula is C25H38N4O6. The molecule has 1 atom stereocenters. The molecule has 3 N–H and O–H groups in total. The standard InChI is InChI=1S/C23H32N4O6.C2H6/c1-4-20(29)26-33-19-7-5-18(6-8-19)25-23(32)15(2)24-21(30)9-10-22(31)27-13-11-17(12-14-27)16(3)28;1-2/h5-8,15,17H,4,9-14H2,1-3H3,(H,24,30)(H,25,32)(H,26,29);1-2H3. The van der Waals surface area contributed by atoms with E-state index in [9.17, 15) is 24.0 Å². The van der Waals surface area contributed by atoms with Gasteiger partial charge < -0.3 is 20.4 Å². The zero-order valence-electron chi connectivity index (χ0n) is 21.3. The summed E-state index contributed by atoms with van der Waals surface area (Å²) in [4.78, 5) is 66.3. The van der Waals surface area contributed by atoms with Gasteiger partial charge in [0, 0.05) is 44.0 Å². The predicted octanol–water partition coefficient (Wildman–Crippen LogP) is 2.58. The van der Waals surface area contributed by atoms with Crippen molar-refractivity contribution in [3.05, 3.63) is 24.3 Å². The number of hydroxylamine groups is 1. The van der Waals surface area contributed by atoms with E-state index in [2.05, 4.69) is 16.1 Å². The monoisotopic (exact) mass is 490 g/mol. The van der Waals surface area contributed by atoms with Gasteiger partial charge in [0.15, 0.2) is 5.75 Å². The van der Waals surface area contributed by atoms with Crippen LogP contribution in [0.15, 0.2) is 24.3 Å². The Hall–Kier alpha value is -3.43. The van der Waals surface area contributed by atoms with Crippen molar-refractivity contribution >= 4 is 35.1 Å². The van der Waals surface area contributed by atoms with Crippen LogP contribution in [-0.4, -0.2) is 53.4 Å². The number of nitrogens with zero attached hydrogens (tertiary/aromatic N) is 1. The normalized spacial score (nSPS) is 14.0. The first-order chi connectivity index (χ1) is 16.7. The van der Waals surface area contributed by atoms with Crippen LogP contribution in [0.25, 0.3) is 0 Å². The number of rotatable bonds is 10. The molecule has 0 spiro atoms. The molecular weight excluding hydrogens is 452 g/mol. The summed E-state index contributed by atoms with van der Waals surface area (Å²) in [6.45, 7) is 9.88. The van der Waals surface area contributed by atoms with Gasteiger partial charge in [-0.15, -0.1) is 0 Å². The number of anilines is 1. The van der Waals surface area contributed by atoms with E-state index in [1.165, 1.54) is 0 Å². The Morgan fingerprint density at radius 3 is 2.14 bits per heavy atom. The zero-order chi connectivity index (χ0) is 26.4. The molecule has 194 valence electrons. The fourth-order valence-electron chi connectivity index (χ4n) is 3.34. The summed E-state index contributed by atoms with van der Waals surface area (Å²) >= 11 is 0. The molecule has 0 radical (unpaired) electrons. The summed E-state index contributed by atoms with van der Waals surface area (Å²) in [5.41, 5.74) is 2.78.